The van der Waals surface area contributed by atoms with Crippen LogP contribution in [0.2, 0.25) is 0 Å². The largest absolute Gasteiger partial charge is 0.385 e. The van der Waals surface area contributed by atoms with Gasteiger partial charge in [-0.1, -0.05) is 0 Å². The predicted octanol–water partition coefficient (Wildman–Crippen LogP) is 3.01. The molecule has 1 saturated heterocycles. The number of nitrogens with one attached hydrogen (secondary N) is 2. The van der Waals surface area contributed by atoms with Crippen LogP contribution in [0.5, 0.6) is 0 Å². The summed E-state index contributed by atoms with van der Waals surface area (Å²) in [5.41, 5.74) is 1.57. The fourth-order valence-electron chi connectivity index (χ4n) is 2.39. The number of rotatable bonds is 5. The molecule has 1 aliphatic rings. The van der Waals surface area contributed by atoms with Crippen molar-refractivity contribution in [3.05, 3.63) is 28.3 Å². The Hall–Kier alpha value is -1.82. The van der Waals surface area contributed by atoms with Gasteiger partial charge in [-0.15, -0.1) is 0 Å². The van der Waals surface area contributed by atoms with Crippen LogP contribution in [0.4, 0.5) is 17.1 Å². The number of nitro groups is 1. The maximum Gasteiger partial charge on any atom is 0.273 e. The Kier molecular flexibility index (Phi) is 4.44. The second-order valence-corrected chi connectivity index (χ2v) is 5.35. The Balaban J connectivity index is 2.23. The lowest BCUT2D eigenvalue weighted by Crippen LogP contribution is -2.40. The summed E-state index contributed by atoms with van der Waals surface area (Å²) in [6, 6.07) is 5.06. The van der Waals surface area contributed by atoms with Crippen LogP contribution < -0.4 is 10.6 Å². The van der Waals surface area contributed by atoms with Crippen LogP contribution in [0, 0.1) is 10.1 Å². The Morgan fingerprint density at radius 3 is 2.55 bits per heavy atom. The molecule has 1 aromatic rings. The summed E-state index contributed by atoms with van der Waals surface area (Å²) in [6.45, 7) is 6.26. The zero-order valence-electron chi connectivity index (χ0n) is 11.9. The molecule has 0 spiro atoms. The van der Waals surface area contributed by atoms with Crippen molar-refractivity contribution in [1.29, 1.82) is 0 Å². The quantitative estimate of drug-likeness (QED) is 0.640. The molecule has 20 heavy (non-hydrogen) atoms. The molecule has 6 nitrogen and oxygen atoms in total. The lowest BCUT2D eigenvalue weighted by molar-refractivity contribution is -0.384. The van der Waals surface area contributed by atoms with E-state index in [0.29, 0.717) is 0 Å². The highest BCUT2D eigenvalue weighted by Gasteiger charge is 2.27. The number of nitro benzene ring substituents is 1. The number of ether oxygens (including phenoxy) is 1. The van der Waals surface area contributed by atoms with Gasteiger partial charge in [-0.2, -0.15) is 0 Å². The Labute approximate surface area is 118 Å². The van der Waals surface area contributed by atoms with Gasteiger partial charge in [0.05, 0.1) is 4.92 Å². The molecule has 0 radical (unpaired) electrons. The minimum atomic E-state index is -0.363. The van der Waals surface area contributed by atoms with Gasteiger partial charge in [0.15, 0.2) is 0 Å². The first kappa shape index (κ1) is 14.6. The van der Waals surface area contributed by atoms with Crippen LogP contribution in [0.15, 0.2) is 18.2 Å². The zero-order chi connectivity index (χ0) is 14.6. The van der Waals surface area contributed by atoms with E-state index in [9.17, 15) is 10.1 Å². The number of benzene rings is 1. The first-order valence-corrected chi connectivity index (χ1v) is 6.92. The molecule has 0 aliphatic carbocycles. The van der Waals surface area contributed by atoms with Crippen LogP contribution >= 0.6 is 0 Å². The van der Waals surface area contributed by atoms with Gasteiger partial charge in [0.1, 0.15) is 0 Å². The SMILES string of the molecule is CCNc1cc(NC2(C)CCOCC2)cc([N+](=O)[O-])c1. The molecule has 0 aromatic heterocycles. The van der Waals surface area contributed by atoms with Crippen molar-refractivity contribution in [2.75, 3.05) is 30.4 Å². The average molecular weight is 279 g/mol. The van der Waals surface area contributed by atoms with E-state index in [0.717, 1.165) is 44.0 Å². The highest BCUT2D eigenvalue weighted by molar-refractivity contribution is 5.64. The summed E-state index contributed by atoms with van der Waals surface area (Å²) in [7, 11) is 0. The highest BCUT2D eigenvalue weighted by Crippen LogP contribution is 2.30. The molecule has 0 unspecified atom stereocenters. The molecule has 1 heterocycles. The fraction of sp³-hybridized carbons (Fsp3) is 0.571. The third kappa shape index (κ3) is 3.60. The second-order valence-electron chi connectivity index (χ2n) is 5.35. The van der Waals surface area contributed by atoms with Crippen molar-refractivity contribution >= 4 is 17.1 Å². The van der Waals surface area contributed by atoms with Crippen LogP contribution in [-0.2, 0) is 4.74 Å². The third-order valence-corrected chi connectivity index (χ3v) is 3.55. The van der Waals surface area contributed by atoms with Gasteiger partial charge in [-0.05, 0) is 32.8 Å². The van der Waals surface area contributed by atoms with E-state index in [-0.39, 0.29) is 16.1 Å². The van der Waals surface area contributed by atoms with Gasteiger partial charge in [-0.25, -0.2) is 0 Å². The first-order valence-electron chi connectivity index (χ1n) is 6.92. The van der Waals surface area contributed by atoms with Gasteiger partial charge >= 0.3 is 0 Å². The summed E-state index contributed by atoms with van der Waals surface area (Å²) in [5, 5.41) is 17.6. The lowest BCUT2D eigenvalue weighted by atomic mass is 9.92. The average Bonchev–Trinajstić information content (AvgIpc) is 2.39. The summed E-state index contributed by atoms with van der Waals surface area (Å²) in [6.07, 6.45) is 1.79. The number of hydrogen-bond acceptors (Lipinski definition) is 5. The smallest absolute Gasteiger partial charge is 0.273 e. The predicted molar refractivity (Wildman–Crippen MR) is 79.3 cm³/mol. The van der Waals surface area contributed by atoms with E-state index in [4.69, 9.17) is 4.74 Å². The molecule has 2 rings (SSSR count). The Bertz CT molecular complexity index is 485. The Morgan fingerprint density at radius 1 is 1.30 bits per heavy atom. The second kappa shape index (κ2) is 6.09. The summed E-state index contributed by atoms with van der Waals surface area (Å²) < 4.78 is 5.37. The number of anilines is 2. The number of non-ortho nitro benzene ring substituents is 1. The van der Waals surface area contributed by atoms with E-state index in [1.165, 1.54) is 0 Å². The van der Waals surface area contributed by atoms with E-state index in [1.54, 1.807) is 12.1 Å². The van der Waals surface area contributed by atoms with Gasteiger partial charge in [0, 0.05) is 48.8 Å². The van der Waals surface area contributed by atoms with E-state index < -0.39 is 0 Å². The summed E-state index contributed by atoms with van der Waals surface area (Å²) in [5.74, 6) is 0. The molecule has 6 heteroatoms. The normalized spacial score (nSPS) is 17.5. The topological polar surface area (TPSA) is 76.4 Å². The Morgan fingerprint density at radius 2 is 1.95 bits per heavy atom. The van der Waals surface area contributed by atoms with Gasteiger partial charge in [0.2, 0.25) is 0 Å². The van der Waals surface area contributed by atoms with E-state index >= 15 is 0 Å². The van der Waals surface area contributed by atoms with Crippen molar-refractivity contribution in [2.45, 2.75) is 32.2 Å². The molecule has 0 amide bonds. The first-order chi connectivity index (χ1) is 9.52. The molecular formula is C14H21N3O3. The molecule has 0 atom stereocenters. The zero-order valence-corrected chi connectivity index (χ0v) is 11.9. The molecule has 110 valence electrons. The third-order valence-electron chi connectivity index (χ3n) is 3.55. The summed E-state index contributed by atoms with van der Waals surface area (Å²) in [4.78, 5) is 10.6. The van der Waals surface area contributed by atoms with Crippen molar-refractivity contribution in [3.8, 4) is 0 Å². The maximum absolute atomic E-state index is 11.0. The number of nitrogens with zero attached hydrogens (tertiary/aromatic N) is 1. The van der Waals surface area contributed by atoms with Crippen molar-refractivity contribution < 1.29 is 9.66 Å². The van der Waals surface area contributed by atoms with Gasteiger partial charge in [-0.3, -0.25) is 10.1 Å². The van der Waals surface area contributed by atoms with E-state index in [2.05, 4.69) is 17.6 Å². The lowest BCUT2D eigenvalue weighted by Gasteiger charge is -2.35. The number of hydrogen-bond donors (Lipinski definition) is 2. The highest BCUT2D eigenvalue weighted by atomic mass is 16.6. The fourth-order valence-corrected chi connectivity index (χ4v) is 2.39. The molecule has 1 fully saturated rings. The van der Waals surface area contributed by atoms with Crippen LogP contribution in [0.25, 0.3) is 0 Å². The minimum Gasteiger partial charge on any atom is -0.385 e. The standard InChI is InChI=1S/C14H21N3O3/c1-3-15-11-8-12(10-13(9-11)17(18)19)16-14(2)4-6-20-7-5-14/h8-10,15-16H,3-7H2,1-2H3. The monoisotopic (exact) mass is 279 g/mol. The van der Waals surface area contributed by atoms with Gasteiger partial charge < -0.3 is 15.4 Å². The van der Waals surface area contributed by atoms with E-state index in [1.807, 2.05) is 13.0 Å². The van der Waals surface area contributed by atoms with Crippen LogP contribution in [-0.4, -0.2) is 30.2 Å². The summed E-state index contributed by atoms with van der Waals surface area (Å²) >= 11 is 0. The minimum absolute atomic E-state index is 0.0725. The molecule has 2 N–H and O–H groups in total. The van der Waals surface area contributed by atoms with Crippen LogP contribution in [0.3, 0.4) is 0 Å². The van der Waals surface area contributed by atoms with Crippen LogP contribution in [0.1, 0.15) is 26.7 Å². The molecule has 0 saturated carbocycles. The molecule has 1 aliphatic heterocycles. The van der Waals surface area contributed by atoms with Crippen molar-refractivity contribution in [2.24, 2.45) is 0 Å². The van der Waals surface area contributed by atoms with Crippen molar-refractivity contribution in [3.63, 3.8) is 0 Å². The van der Waals surface area contributed by atoms with Crippen molar-refractivity contribution in [1.82, 2.24) is 0 Å². The molecular weight excluding hydrogens is 258 g/mol. The molecule has 1 aromatic carbocycles. The maximum atomic E-state index is 11.0. The van der Waals surface area contributed by atoms with Gasteiger partial charge in [0.25, 0.3) is 5.69 Å². The molecule has 0 bridgehead atoms.